The van der Waals surface area contributed by atoms with Gasteiger partial charge >= 0.3 is 0 Å². The fourth-order valence-corrected chi connectivity index (χ4v) is 4.26. The smallest absolute Gasteiger partial charge is 0.137 e. The van der Waals surface area contributed by atoms with Crippen molar-refractivity contribution in [3.05, 3.63) is 83.6 Å². The minimum atomic E-state index is -0.649. The molecule has 1 aliphatic heterocycles. The van der Waals surface area contributed by atoms with Crippen molar-refractivity contribution in [3.63, 3.8) is 0 Å². The van der Waals surface area contributed by atoms with Gasteiger partial charge in [-0.15, -0.1) is 0 Å². The second-order valence-electron chi connectivity index (χ2n) is 7.51. The molecule has 4 nitrogen and oxygen atoms in total. The molecule has 4 aromatic rings. The predicted molar refractivity (Wildman–Crippen MR) is 117 cm³/mol. The highest BCUT2D eigenvalue weighted by Gasteiger charge is 2.30. The second kappa shape index (κ2) is 7.64. The third kappa shape index (κ3) is 3.44. The SMILES string of the molecule is OC(c1c(-c2ccc(Cl)cc2)nc2ccc(-c3ccccc3)cn12)C1CCCN1. The molecule has 0 spiro atoms. The summed E-state index contributed by atoms with van der Waals surface area (Å²) in [6.45, 7) is 0.935. The van der Waals surface area contributed by atoms with Gasteiger partial charge in [0.25, 0.3) is 0 Å². The van der Waals surface area contributed by atoms with Crippen LogP contribution in [-0.2, 0) is 0 Å². The number of rotatable bonds is 4. The van der Waals surface area contributed by atoms with Crippen molar-refractivity contribution in [3.8, 4) is 22.4 Å². The lowest BCUT2D eigenvalue weighted by atomic mass is 10.0. The van der Waals surface area contributed by atoms with Crippen molar-refractivity contribution in [1.82, 2.24) is 14.7 Å². The van der Waals surface area contributed by atoms with Gasteiger partial charge in [-0.05, 0) is 54.8 Å². The number of pyridine rings is 1. The summed E-state index contributed by atoms with van der Waals surface area (Å²) in [7, 11) is 0. The fourth-order valence-electron chi connectivity index (χ4n) is 4.14. The van der Waals surface area contributed by atoms with Crippen LogP contribution < -0.4 is 5.32 Å². The van der Waals surface area contributed by atoms with E-state index < -0.39 is 6.10 Å². The Balaban J connectivity index is 1.70. The van der Waals surface area contributed by atoms with Gasteiger partial charge in [0.05, 0.1) is 11.4 Å². The summed E-state index contributed by atoms with van der Waals surface area (Å²) in [5, 5.41) is 15.4. The average molecular weight is 404 g/mol. The molecular formula is C24H22ClN3O. The molecule has 0 bridgehead atoms. The summed E-state index contributed by atoms with van der Waals surface area (Å²) in [5.74, 6) is 0. The van der Waals surface area contributed by atoms with Gasteiger partial charge in [-0.25, -0.2) is 4.98 Å². The highest BCUT2D eigenvalue weighted by molar-refractivity contribution is 6.30. The zero-order valence-corrected chi connectivity index (χ0v) is 16.7. The molecule has 1 saturated heterocycles. The van der Waals surface area contributed by atoms with Crippen molar-refractivity contribution < 1.29 is 5.11 Å². The number of aromatic nitrogens is 2. The number of hydrogen-bond acceptors (Lipinski definition) is 3. The zero-order chi connectivity index (χ0) is 19.8. The minimum Gasteiger partial charge on any atom is -0.385 e. The van der Waals surface area contributed by atoms with Gasteiger partial charge in [-0.1, -0.05) is 54.1 Å². The van der Waals surface area contributed by atoms with Crippen LogP contribution in [0.25, 0.3) is 28.0 Å². The number of aliphatic hydroxyl groups excluding tert-OH is 1. The van der Waals surface area contributed by atoms with Crippen LogP contribution in [0.4, 0.5) is 0 Å². The van der Waals surface area contributed by atoms with Gasteiger partial charge in [-0.2, -0.15) is 0 Å². The molecule has 0 amide bonds. The topological polar surface area (TPSA) is 49.6 Å². The Morgan fingerprint density at radius 3 is 2.45 bits per heavy atom. The third-order valence-corrected chi connectivity index (χ3v) is 5.89. The molecule has 1 aliphatic rings. The molecule has 2 aromatic carbocycles. The van der Waals surface area contributed by atoms with Crippen LogP contribution in [0.3, 0.4) is 0 Å². The number of fused-ring (bicyclic) bond motifs is 1. The van der Waals surface area contributed by atoms with E-state index in [1.165, 1.54) is 0 Å². The molecule has 0 saturated carbocycles. The van der Waals surface area contributed by atoms with Crippen LogP contribution in [-0.4, -0.2) is 27.1 Å². The Morgan fingerprint density at radius 1 is 0.966 bits per heavy atom. The highest BCUT2D eigenvalue weighted by atomic mass is 35.5. The summed E-state index contributed by atoms with van der Waals surface area (Å²) in [4.78, 5) is 4.87. The van der Waals surface area contributed by atoms with Gasteiger partial charge in [0.1, 0.15) is 11.8 Å². The van der Waals surface area contributed by atoms with E-state index >= 15 is 0 Å². The molecule has 2 atom stereocenters. The van der Waals surface area contributed by atoms with Crippen LogP contribution in [0, 0.1) is 0 Å². The van der Waals surface area contributed by atoms with Crippen LogP contribution in [0.5, 0.6) is 0 Å². The first kappa shape index (κ1) is 18.4. The number of benzene rings is 2. The number of halogens is 1. The zero-order valence-electron chi connectivity index (χ0n) is 15.9. The molecule has 29 heavy (non-hydrogen) atoms. The van der Waals surface area contributed by atoms with Gasteiger partial charge in [0.15, 0.2) is 0 Å². The molecule has 0 radical (unpaired) electrons. The lowest BCUT2D eigenvalue weighted by Gasteiger charge is -2.20. The van der Waals surface area contributed by atoms with Crippen molar-refractivity contribution in [2.75, 3.05) is 6.54 Å². The Kier molecular flexibility index (Phi) is 4.84. The maximum Gasteiger partial charge on any atom is 0.137 e. The molecule has 5 rings (SSSR count). The van der Waals surface area contributed by atoms with Crippen LogP contribution in [0.15, 0.2) is 72.9 Å². The Hall–Kier alpha value is -2.66. The Bertz CT molecular complexity index is 1130. The molecular weight excluding hydrogens is 382 g/mol. The monoisotopic (exact) mass is 403 g/mol. The van der Waals surface area contributed by atoms with E-state index in [9.17, 15) is 5.11 Å². The van der Waals surface area contributed by atoms with E-state index in [2.05, 4.69) is 29.7 Å². The summed E-state index contributed by atoms with van der Waals surface area (Å²) in [6.07, 6.45) is 3.45. The summed E-state index contributed by atoms with van der Waals surface area (Å²) in [5.41, 5.74) is 5.61. The average Bonchev–Trinajstić information content (AvgIpc) is 3.42. The molecule has 2 unspecified atom stereocenters. The predicted octanol–water partition coefficient (Wildman–Crippen LogP) is 5.11. The maximum absolute atomic E-state index is 11.3. The first-order valence-electron chi connectivity index (χ1n) is 9.95. The molecule has 2 aromatic heterocycles. The largest absolute Gasteiger partial charge is 0.385 e. The molecule has 146 valence electrons. The number of aliphatic hydroxyl groups is 1. The fraction of sp³-hybridized carbons (Fsp3) is 0.208. The third-order valence-electron chi connectivity index (χ3n) is 5.64. The van der Waals surface area contributed by atoms with Crippen molar-refractivity contribution >= 4 is 17.2 Å². The van der Waals surface area contributed by atoms with Crippen LogP contribution >= 0.6 is 11.6 Å². The molecule has 3 heterocycles. The van der Waals surface area contributed by atoms with Gasteiger partial charge in [0, 0.05) is 22.8 Å². The summed E-state index contributed by atoms with van der Waals surface area (Å²) < 4.78 is 2.04. The number of imidazole rings is 1. The van der Waals surface area contributed by atoms with E-state index in [1.54, 1.807) is 0 Å². The summed E-state index contributed by atoms with van der Waals surface area (Å²) >= 11 is 6.09. The first-order chi connectivity index (χ1) is 14.2. The summed E-state index contributed by atoms with van der Waals surface area (Å²) in [6, 6.07) is 22.0. The number of nitrogens with zero attached hydrogens (tertiary/aromatic N) is 2. The van der Waals surface area contributed by atoms with Crippen molar-refractivity contribution in [2.45, 2.75) is 25.0 Å². The molecule has 0 aliphatic carbocycles. The lowest BCUT2D eigenvalue weighted by Crippen LogP contribution is -2.29. The van der Waals surface area contributed by atoms with E-state index in [0.29, 0.717) is 5.02 Å². The Morgan fingerprint density at radius 2 is 1.72 bits per heavy atom. The molecule has 1 fully saturated rings. The highest BCUT2D eigenvalue weighted by Crippen LogP contribution is 2.34. The van der Waals surface area contributed by atoms with Crippen LogP contribution in [0.1, 0.15) is 24.6 Å². The molecule has 5 heteroatoms. The number of nitrogens with one attached hydrogen (secondary N) is 1. The van der Waals surface area contributed by atoms with E-state index in [-0.39, 0.29) is 6.04 Å². The van der Waals surface area contributed by atoms with Crippen molar-refractivity contribution in [1.29, 1.82) is 0 Å². The van der Waals surface area contributed by atoms with Crippen LogP contribution in [0.2, 0.25) is 5.02 Å². The minimum absolute atomic E-state index is 0.0290. The normalized spacial score (nSPS) is 17.7. The number of hydrogen-bond donors (Lipinski definition) is 2. The van der Waals surface area contributed by atoms with Crippen molar-refractivity contribution in [2.24, 2.45) is 0 Å². The van der Waals surface area contributed by atoms with Gasteiger partial charge in [0.2, 0.25) is 0 Å². The second-order valence-corrected chi connectivity index (χ2v) is 7.95. The van der Waals surface area contributed by atoms with Gasteiger partial charge in [-0.3, -0.25) is 0 Å². The van der Waals surface area contributed by atoms with Gasteiger partial charge < -0.3 is 14.8 Å². The van der Waals surface area contributed by atoms with E-state index in [4.69, 9.17) is 16.6 Å². The standard InChI is InChI=1S/C24H22ClN3O/c25-19-11-8-17(9-12-19)22-23(24(29)20-7-4-14-26-20)28-15-18(10-13-21(28)27-22)16-5-2-1-3-6-16/h1-3,5-6,8-13,15,20,24,26,29H,4,7,14H2. The molecule has 2 N–H and O–H groups in total. The Labute approximate surface area is 174 Å². The maximum atomic E-state index is 11.3. The quantitative estimate of drug-likeness (QED) is 0.498. The van der Waals surface area contributed by atoms with E-state index in [1.807, 2.05) is 52.9 Å². The lowest BCUT2D eigenvalue weighted by molar-refractivity contribution is 0.133. The first-order valence-corrected chi connectivity index (χ1v) is 10.3. The van der Waals surface area contributed by atoms with E-state index in [0.717, 1.165) is 53.1 Å².